The van der Waals surface area contributed by atoms with Gasteiger partial charge in [-0.25, -0.2) is 4.79 Å². The molecule has 0 aliphatic rings. The minimum absolute atomic E-state index is 0.322. The lowest BCUT2D eigenvalue weighted by atomic mass is 10.0. The van der Waals surface area contributed by atoms with Gasteiger partial charge in [0.2, 0.25) is 0 Å². The molecule has 1 heterocycles. The Labute approximate surface area is 143 Å². The van der Waals surface area contributed by atoms with Crippen molar-refractivity contribution >= 4 is 29.1 Å². The van der Waals surface area contributed by atoms with Gasteiger partial charge in [-0.3, -0.25) is 0 Å². The van der Waals surface area contributed by atoms with Gasteiger partial charge >= 0.3 is 5.97 Å². The van der Waals surface area contributed by atoms with E-state index in [0.29, 0.717) is 22.9 Å². The third kappa shape index (κ3) is 3.28. The summed E-state index contributed by atoms with van der Waals surface area (Å²) in [6.07, 6.45) is 0. The van der Waals surface area contributed by atoms with Crippen LogP contribution in [0, 0.1) is 0 Å². The van der Waals surface area contributed by atoms with Gasteiger partial charge in [-0.05, 0) is 36.2 Å². The van der Waals surface area contributed by atoms with Gasteiger partial charge in [-0.2, -0.15) is 4.37 Å². The van der Waals surface area contributed by atoms with Crippen LogP contribution in [0.15, 0.2) is 54.6 Å². The average molecular weight is 344 g/mol. The number of esters is 1. The molecular formula is C18H14ClNO2S. The Morgan fingerprint density at radius 3 is 2.43 bits per heavy atom. The van der Waals surface area contributed by atoms with Crippen LogP contribution in [0.4, 0.5) is 0 Å². The maximum Gasteiger partial charge on any atom is 0.341 e. The Kier molecular flexibility index (Phi) is 4.74. The fourth-order valence-corrected chi connectivity index (χ4v) is 3.29. The first-order valence-electron chi connectivity index (χ1n) is 7.19. The summed E-state index contributed by atoms with van der Waals surface area (Å²) in [6, 6.07) is 17.0. The summed E-state index contributed by atoms with van der Waals surface area (Å²) in [5.74, 6) is -0.356. The lowest BCUT2D eigenvalue weighted by Gasteiger charge is -2.06. The highest BCUT2D eigenvalue weighted by Gasteiger charge is 2.23. The summed E-state index contributed by atoms with van der Waals surface area (Å²) >= 11 is 7.24. The molecule has 0 amide bonds. The number of rotatable bonds is 4. The highest BCUT2D eigenvalue weighted by atomic mass is 35.5. The lowest BCUT2D eigenvalue weighted by molar-refractivity contribution is 0.0528. The minimum atomic E-state index is -0.356. The van der Waals surface area contributed by atoms with Crippen LogP contribution in [-0.4, -0.2) is 16.9 Å². The third-order valence-corrected chi connectivity index (χ3v) is 4.47. The van der Waals surface area contributed by atoms with Gasteiger partial charge in [0, 0.05) is 10.6 Å². The molecule has 0 saturated carbocycles. The fourth-order valence-electron chi connectivity index (χ4n) is 2.27. The molecule has 0 unspecified atom stereocenters. The Morgan fingerprint density at radius 2 is 1.78 bits per heavy atom. The monoisotopic (exact) mass is 343 g/mol. The SMILES string of the molecule is CCOC(=O)c1c(-c2ccc(Cl)cc2)nsc1-c1ccccc1. The molecule has 1 aromatic heterocycles. The Morgan fingerprint density at radius 1 is 1.09 bits per heavy atom. The molecule has 0 bridgehead atoms. The number of hydrogen-bond donors (Lipinski definition) is 0. The van der Waals surface area contributed by atoms with Crippen LogP contribution in [0.1, 0.15) is 17.3 Å². The van der Waals surface area contributed by atoms with Crippen molar-refractivity contribution < 1.29 is 9.53 Å². The highest BCUT2D eigenvalue weighted by Crippen LogP contribution is 2.36. The predicted octanol–water partition coefficient (Wildman–Crippen LogP) is 5.31. The zero-order valence-electron chi connectivity index (χ0n) is 12.5. The zero-order chi connectivity index (χ0) is 16.2. The normalized spacial score (nSPS) is 10.5. The Bertz CT molecular complexity index is 813. The van der Waals surface area contributed by atoms with Crippen LogP contribution >= 0.6 is 23.1 Å². The summed E-state index contributed by atoms with van der Waals surface area (Å²) in [7, 11) is 0. The van der Waals surface area contributed by atoms with Crippen molar-refractivity contribution in [2.45, 2.75) is 6.92 Å². The molecule has 2 aromatic carbocycles. The van der Waals surface area contributed by atoms with E-state index in [1.165, 1.54) is 11.5 Å². The zero-order valence-corrected chi connectivity index (χ0v) is 14.0. The predicted molar refractivity (Wildman–Crippen MR) is 94.0 cm³/mol. The topological polar surface area (TPSA) is 39.2 Å². The van der Waals surface area contributed by atoms with E-state index in [1.807, 2.05) is 42.5 Å². The first-order chi connectivity index (χ1) is 11.2. The molecule has 0 aliphatic heterocycles. The molecule has 5 heteroatoms. The molecule has 0 aliphatic carbocycles. The second-order valence-corrected chi connectivity index (χ2v) is 6.04. The fraction of sp³-hybridized carbons (Fsp3) is 0.111. The summed E-state index contributed by atoms with van der Waals surface area (Å²) in [5, 5.41) is 0.643. The van der Waals surface area contributed by atoms with Crippen LogP contribution in [0.25, 0.3) is 21.7 Å². The van der Waals surface area contributed by atoms with Crippen molar-refractivity contribution in [2.24, 2.45) is 0 Å². The largest absolute Gasteiger partial charge is 0.462 e. The van der Waals surface area contributed by atoms with E-state index in [4.69, 9.17) is 16.3 Å². The molecular weight excluding hydrogens is 330 g/mol. The van der Waals surface area contributed by atoms with E-state index in [2.05, 4.69) is 4.37 Å². The Hall–Kier alpha value is -2.17. The average Bonchev–Trinajstić information content (AvgIpc) is 3.01. The molecule has 23 heavy (non-hydrogen) atoms. The number of hydrogen-bond acceptors (Lipinski definition) is 4. The number of benzene rings is 2. The van der Waals surface area contributed by atoms with E-state index < -0.39 is 0 Å². The van der Waals surface area contributed by atoms with Crippen LogP contribution in [0.2, 0.25) is 5.02 Å². The molecule has 0 spiro atoms. The molecule has 3 aromatic rings. The number of nitrogens with zero attached hydrogens (tertiary/aromatic N) is 1. The van der Waals surface area contributed by atoms with Crippen molar-refractivity contribution in [3.63, 3.8) is 0 Å². The van der Waals surface area contributed by atoms with Crippen LogP contribution < -0.4 is 0 Å². The number of carbonyl (C=O) groups excluding carboxylic acids is 1. The second kappa shape index (κ2) is 6.94. The van der Waals surface area contributed by atoms with Crippen molar-refractivity contribution in [1.82, 2.24) is 4.37 Å². The molecule has 3 nitrogen and oxygen atoms in total. The number of aromatic nitrogens is 1. The van der Waals surface area contributed by atoms with Gasteiger partial charge < -0.3 is 4.74 Å². The van der Waals surface area contributed by atoms with Crippen LogP contribution in [0.5, 0.6) is 0 Å². The summed E-state index contributed by atoms with van der Waals surface area (Å²) < 4.78 is 9.73. The Balaban J connectivity index is 2.15. The summed E-state index contributed by atoms with van der Waals surface area (Å²) in [6.45, 7) is 2.12. The van der Waals surface area contributed by atoms with Gasteiger partial charge in [0.25, 0.3) is 0 Å². The summed E-state index contributed by atoms with van der Waals surface area (Å²) in [5.41, 5.74) is 2.93. The van der Waals surface area contributed by atoms with Gasteiger partial charge in [0.15, 0.2) is 0 Å². The van der Waals surface area contributed by atoms with E-state index in [-0.39, 0.29) is 5.97 Å². The molecule has 0 atom stereocenters. The van der Waals surface area contributed by atoms with Gasteiger partial charge in [-0.1, -0.05) is 54.1 Å². The van der Waals surface area contributed by atoms with Crippen LogP contribution in [-0.2, 0) is 4.74 Å². The molecule has 0 fully saturated rings. The molecule has 0 saturated heterocycles. The third-order valence-electron chi connectivity index (χ3n) is 3.33. The maximum absolute atomic E-state index is 12.5. The van der Waals surface area contributed by atoms with Gasteiger partial charge in [-0.15, -0.1) is 0 Å². The van der Waals surface area contributed by atoms with Crippen molar-refractivity contribution in [3.8, 4) is 21.7 Å². The quantitative estimate of drug-likeness (QED) is 0.603. The minimum Gasteiger partial charge on any atom is -0.462 e. The first-order valence-corrected chi connectivity index (χ1v) is 8.34. The van der Waals surface area contributed by atoms with E-state index in [1.54, 1.807) is 19.1 Å². The van der Waals surface area contributed by atoms with Gasteiger partial charge in [0.1, 0.15) is 5.56 Å². The lowest BCUT2D eigenvalue weighted by Crippen LogP contribution is -2.06. The highest BCUT2D eigenvalue weighted by molar-refractivity contribution is 7.10. The van der Waals surface area contributed by atoms with E-state index in [0.717, 1.165) is 16.0 Å². The standard InChI is InChI=1S/C18H14ClNO2S/c1-2-22-18(21)15-16(12-8-10-14(19)11-9-12)20-23-17(15)13-6-4-3-5-7-13/h3-11H,2H2,1H3. The molecule has 0 N–H and O–H groups in total. The van der Waals surface area contributed by atoms with E-state index in [9.17, 15) is 4.79 Å². The second-order valence-electron chi connectivity index (χ2n) is 4.83. The number of carbonyl (C=O) groups is 1. The number of halogens is 1. The van der Waals surface area contributed by atoms with Crippen LogP contribution in [0.3, 0.4) is 0 Å². The van der Waals surface area contributed by atoms with Crippen molar-refractivity contribution in [2.75, 3.05) is 6.61 Å². The molecule has 3 rings (SSSR count). The maximum atomic E-state index is 12.5. The van der Waals surface area contributed by atoms with Crippen molar-refractivity contribution in [3.05, 3.63) is 65.2 Å². The van der Waals surface area contributed by atoms with E-state index >= 15 is 0 Å². The number of ether oxygens (including phenoxy) is 1. The smallest absolute Gasteiger partial charge is 0.341 e. The van der Waals surface area contributed by atoms with Gasteiger partial charge in [0.05, 0.1) is 17.2 Å². The molecule has 116 valence electrons. The van der Waals surface area contributed by atoms with Crippen molar-refractivity contribution in [1.29, 1.82) is 0 Å². The summed E-state index contributed by atoms with van der Waals surface area (Å²) in [4.78, 5) is 13.3. The first kappa shape index (κ1) is 15.7. The molecule has 0 radical (unpaired) electrons.